The predicted molar refractivity (Wildman–Crippen MR) is 68.7 cm³/mol. The molecule has 0 amide bonds. The van der Waals surface area contributed by atoms with E-state index in [0.717, 1.165) is 36.8 Å². The van der Waals surface area contributed by atoms with E-state index in [0.29, 0.717) is 0 Å². The summed E-state index contributed by atoms with van der Waals surface area (Å²) in [4.78, 5) is 12.2. The van der Waals surface area contributed by atoms with Gasteiger partial charge >= 0.3 is 0 Å². The second-order valence-corrected chi connectivity index (χ2v) is 3.96. The maximum Gasteiger partial charge on any atom is 0.188 e. The lowest BCUT2D eigenvalue weighted by molar-refractivity contribution is 0.103. The fourth-order valence-corrected chi connectivity index (χ4v) is 1.67. The van der Waals surface area contributed by atoms with Crippen molar-refractivity contribution in [2.75, 3.05) is 0 Å². The van der Waals surface area contributed by atoms with Gasteiger partial charge in [-0.15, -0.1) is 0 Å². The van der Waals surface area contributed by atoms with Crippen LogP contribution in [0.15, 0.2) is 42.0 Å². The number of Topliss-reactive ketones (excluding diaryl/α,β-unsaturated/α-hetero) is 1. The third-order valence-electron chi connectivity index (χ3n) is 2.53. The molecule has 0 radical (unpaired) electrons. The molecule has 0 fully saturated rings. The Hall–Kier alpha value is -1.37. The number of rotatable bonds is 6. The van der Waals surface area contributed by atoms with Gasteiger partial charge in [0.25, 0.3) is 0 Å². The molecule has 0 N–H and O–H groups in total. The number of benzene rings is 1. The van der Waals surface area contributed by atoms with Gasteiger partial charge in [-0.25, -0.2) is 0 Å². The van der Waals surface area contributed by atoms with E-state index in [1.165, 1.54) is 0 Å². The maximum atomic E-state index is 12.2. The number of carbonyl (C=O) groups excluding carboxylic acids is 1. The van der Waals surface area contributed by atoms with Crippen molar-refractivity contribution in [3.63, 3.8) is 0 Å². The van der Waals surface area contributed by atoms with Crippen molar-refractivity contribution in [3.8, 4) is 0 Å². The Kier molecular flexibility index (Phi) is 5.55. The molecule has 0 saturated carbocycles. The fraction of sp³-hybridized carbons (Fsp3) is 0.400. The normalized spacial score (nSPS) is 11.5. The molecule has 0 heterocycles. The van der Waals surface area contributed by atoms with Crippen molar-refractivity contribution in [3.05, 3.63) is 47.5 Å². The minimum Gasteiger partial charge on any atom is -0.289 e. The molecule has 16 heavy (non-hydrogen) atoms. The first-order chi connectivity index (χ1) is 7.79. The maximum absolute atomic E-state index is 12.2. The number of ketones is 1. The van der Waals surface area contributed by atoms with Gasteiger partial charge < -0.3 is 0 Å². The van der Waals surface area contributed by atoms with E-state index in [9.17, 15) is 4.79 Å². The number of unbranched alkanes of at least 4 members (excludes halogenated alkanes) is 1. The summed E-state index contributed by atoms with van der Waals surface area (Å²) in [7, 11) is 0. The van der Waals surface area contributed by atoms with Crippen LogP contribution < -0.4 is 0 Å². The van der Waals surface area contributed by atoms with Crippen molar-refractivity contribution < 1.29 is 4.79 Å². The van der Waals surface area contributed by atoms with E-state index >= 15 is 0 Å². The second-order valence-electron chi connectivity index (χ2n) is 3.96. The van der Waals surface area contributed by atoms with E-state index in [1.54, 1.807) is 0 Å². The summed E-state index contributed by atoms with van der Waals surface area (Å²) in [5, 5.41) is 0. The van der Waals surface area contributed by atoms with Crippen LogP contribution in [0.1, 0.15) is 49.9 Å². The van der Waals surface area contributed by atoms with Crippen LogP contribution >= 0.6 is 0 Å². The topological polar surface area (TPSA) is 17.1 Å². The highest BCUT2D eigenvalue weighted by Gasteiger charge is 2.10. The molecular formula is C15H20O. The molecule has 0 spiro atoms. The number of carbonyl (C=O) groups is 1. The first-order valence-corrected chi connectivity index (χ1v) is 6.08. The molecule has 0 unspecified atom stereocenters. The highest BCUT2D eigenvalue weighted by atomic mass is 16.1. The lowest BCUT2D eigenvalue weighted by Crippen LogP contribution is -2.03. The highest BCUT2D eigenvalue weighted by molar-refractivity contribution is 6.08. The molecule has 1 heteroatoms. The summed E-state index contributed by atoms with van der Waals surface area (Å²) < 4.78 is 0. The Morgan fingerprint density at radius 1 is 1.12 bits per heavy atom. The molecule has 1 aromatic rings. The van der Waals surface area contributed by atoms with Crippen molar-refractivity contribution in [1.82, 2.24) is 0 Å². The molecule has 0 saturated heterocycles. The Balaban J connectivity index is 2.83. The van der Waals surface area contributed by atoms with Crippen molar-refractivity contribution in [2.24, 2.45) is 0 Å². The third-order valence-corrected chi connectivity index (χ3v) is 2.53. The van der Waals surface area contributed by atoms with Gasteiger partial charge in [-0.3, -0.25) is 4.79 Å². The van der Waals surface area contributed by atoms with Gasteiger partial charge in [0.05, 0.1) is 0 Å². The average molecular weight is 216 g/mol. The summed E-state index contributed by atoms with van der Waals surface area (Å²) in [5.74, 6) is 0.191. The molecule has 0 atom stereocenters. The molecule has 0 aliphatic heterocycles. The number of allylic oxidation sites excluding steroid dienone is 2. The molecule has 0 aliphatic rings. The quantitative estimate of drug-likeness (QED) is 0.509. The molecular weight excluding hydrogens is 196 g/mol. The van der Waals surface area contributed by atoms with Crippen LogP contribution in [0.4, 0.5) is 0 Å². The van der Waals surface area contributed by atoms with E-state index in [1.807, 2.05) is 30.3 Å². The van der Waals surface area contributed by atoms with Crippen LogP contribution in [0, 0.1) is 0 Å². The van der Waals surface area contributed by atoms with E-state index in [4.69, 9.17) is 0 Å². The second kappa shape index (κ2) is 7.00. The molecule has 0 aliphatic carbocycles. The Morgan fingerprint density at radius 3 is 2.38 bits per heavy atom. The molecule has 0 bridgehead atoms. The summed E-state index contributed by atoms with van der Waals surface area (Å²) in [6.07, 6.45) is 6.09. The molecule has 1 rings (SSSR count). The molecule has 1 aromatic carbocycles. The smallest absolute Gasteiger partial charge is 0.188 e. The van der Waals surface area contributed by atoms with Crippen LogP contribution in [0.5, 0.6) is 0 Å². The highest BCUT2D eigenvalue weighted by Crippen LogP contribution is 2.14. The summed E-state index contributed by atoms with van der Waals surface area (Å²) in [6.45, 7) is 4.24. The lowest BCUT2D eigenvalue weighted by Gasteiger charge is -2.05. The number of hydrogen-bond donors (Lipinski definition) is 0. The third kappa shape index (κ3) is 3.65. The van der Waals surface area contributed by atoms with Gasteiger partial charge in [-0.1, -0.05) is 63.1 Å². The van der Waals surface area contributed by atoms with Crippen LogP contribution in [0.3, 0.4) is 0 Å². The Morgan fingerprint density at radius 2 is 1.81 bits per heavy atom. The minimum absolute atomic E-state index is 0.191. The molecule has 1 nitrogen and oxygen atoms in total. The number of hydrogen-bond acceptors (Lipinski definition) is 1. The average Bonchev–Trinajstić information content (AvgIpc) is 2.35. The minimum atomic E-state index is 0.191. The first kappa shape index (κ1) is 12.7. The SMILES string of the molecule is CCC/C=C(\CCC)C(=O)c1ccccc1. The van der Waals surface area contributed by atoms with Crippen molar-refractivity contribution >= 4 is 5.78 Å². The predicted octanol–water partition coefficient (Wildman–Crippen LogP) is 4.40. The van der Waals surface area contributed by atoms with Crippen LogP contribution in [-0.2, 0) is 0 Å². The zero-order valence-corrected chi connectivity index (χ0v) is 10.2. The van der Waals surface area contributed by atoms with Crippen molar-refractivity contribution in [1.29, 1.82) is 0 Å². The van der Waals surface area contributed by atoms with Gasteiger partial charge in [-0.05, 0) is 18.4 Å². The van der Waals surface area contributed by atoms with Crippen LogP contribution in [0.2, 0.25) is 0 Å². The van der Waals surface area contributed by atoms with Gasteiger partial charge in [0.15, 0.2) is 5.78 Å². The van der Waals surface area contributed by atoms with Crippen LogP contribution in [0.25, 0.3) is 0 Å². The Labute approximate surface area is 98.2 Å². The summed E-state index contributed by atoms with van der Waals surface area (Å²) >= 11 is 0. The van der Waals surface area contributed by atoms with E-state index in [2.05, 4.69) is 19.9 Å². The summed E-state index contributed by atoms with van der Waals surface area (Å²) in [5.41, 5.74) is 1.77. The molecule has 0 aromatic heterocycles. The zero-order chi connectivity index (χ0) is 11.8. The zero-order valence-electron chi connectivity index (χ0n) is 10.2. The van der Waals surface area contributed by atoms with Crippen LogP contribution in [-0.4, -0.2) is 5.78 Å². The van der Waals surface area contributed by atoms with Gasteiger partial charge in [0.1, 0.15) is 0 Å². The first-order valence-electron chi connectivity index (χ1n) is 6.08. The van der Waals surface area contributed by atoms with Crippen molar-refractivity contribution in [2.45, 2.75) is 39.5 Å². The monoisotopic (exact) mass is 216 g/mol. The fourth-order valence-electron chi connectivity index (χ4n) is 1.67. The van der Waals surface area contributed by atoms with E-state index < -0.39 is 0 Å². The summed E-state index contributed by atoms with van der Waals surface area (Å²) in [6, 6.07) is 9.54. The standard InChI is InChI=1S/C15H20O/c1-3-5-10-13(9-4-2)15(16)14-11-7-6-8-12-14/h6-8,10-12H,3-5,9H2,1-2H3/b13-10+. The Bertz CT molecular complexity index is 349. The lowest BCUT2D eigenvalue weighted by atomic mass is 9.98. The molecule has 86 valence electrons. The van der Waals surface area contributed by atoms with Gasteiger partial charge in [0.2, 0.25) is 0 Å². The van der Waals surface area contributed by atoms with Gasteiger partial charge in [0, 0.05) is 5.56 Å². The van der Waals surface area contributed by atoms with Gasteiger partial charge in [-0.2, -0.15) is 0 Å². The van der Waals surface area contributed by atoms with E-state index in [-0.39, 0.29) is 5.78 Å². The largest absolute Gasteiger partial charge is 0.289 e.